The first kappa shape index (κ1) is 35.2. The fourth-order valence-electron chi connectivity index (χ4n) is 4.93. The van der Waals surface area contributed by atoms with Gasteiger partial charge >= 0.3 is 12.4 Å². The third-order valence-electron chi connectivity index (χ3n) is 7.57. The van der Waals surface area contributed by atoms with Crippen molar-refractivity contribution in [3.8, 4) is 34.0 Å². The predicted octanol–water partition coefficient (Wildman–Crippen LogP) is 6.91. The molecule has 0 unspecified atom stereocenters. The molecular weight excluding hydrogens is 693 g/mol. The average Bonchev–Trinajstić information content (AvgIpc) is 2.96. The molecule has 2 aromatic carbocycles. The van der Waals surface area contributed by atoms with Crippen molar-refractivity contribution < 1.29 is 46.8 Å². The first-order chi connectivity index (χ1) is 22.5. The van der Waals surface area contributed by atoms with E-state index >= 15 is 0 Å². The maximum atomic E-state index is 12.7. The van der Waals surface area contributed by atoms with Crippen LogP contribution in [0.1, 0.15) is 36.8 Å². The van der Waals surface area contributed by atoms with Crippen molar-refractivity contribution in [3.63, 3.8) is 0 Å². The van der Waals surface area contributed by atoms with E-state index in [1.807, 2.05) is 0 Å². The van der Waals surface area contributed by atoms with Crippen molar-refractivity contribution in [1.82, 2.24) is 20.4 Å². The van der Waals surface area contributed by atoms with Gasteiger partial charge in [-0.1, -0.05) is 23.2 Å². The van der Waals surface area contributed by atoms with Gasteiger partial charge in [0.15, 0.2) is 0 Å². The number of halogens is 8. The molecule has 0 radical (unpaired) electrons. The van der Waals surface area contributed by atoms with E-state index in [0.717, 1.165) is 12.1 Å². The molecule has 2 aliphatic rings. The molecule has 6 N–H and O–H groups in total. The van der Waals surface area contributed by atoms with Crippen LogP contribution in [0.2, 0.25) is 10.0 Å². The molecule has 48 heavy (non-hydrogen) atoms. The van der Waals surface area contributed by atoms with Crippen LogP contribution >= 0.6 is 23.2 Å². The van der Waals surface area contributed by atoms with E-state index in [9.17, 15) is 46.8 Å². The zero-order chi connectivity index (χ0) is 35.0. The number of rotatable bonds is 6. The second-order valence-electron chi connectivity index (χ2n) is 11.2. The largest absolute Gasteiger partial charge is 0.507 e. The minimum absolute atomic E-state index is 0.0113. The molecule has 4 aromatic rings. The summed E-state index contributed by atoms with van der Waals surface area (Å²) in [7, 11) is 0. The van der Waals surface area contributed by atoms with E-state index in [0.29, 0.717) is 49.5 Å². The Kier molecular flexibility index (Phi) is 10.1. The maximum absolute atomic E-state index is 12.7. The third-order valence-corrected chi connectivity index (χ3v) is 8.16. The van der Waals surface area contributed by atoms with Gasteiger partial charge in [0.05, 0.1) is 55.9 Å². The number of aromatic nitrogens is 4. The Morgan fingerprint density at radius 1 is 0.583 bits per heavy atom. The van der Waals surface area contributed by atoms with E-state index in [1.54, 1.807) is 12.1 Å². The lowest BCUT2D eigenvalue weighted by Gasteiger charge is -2.32. The SMILES string of the molecule is Oc1cc(C(F)(F)F)cc(Cl)c1-c1ccc(NC2CC(O)C2)nn1.Oc1cc(C(F)(F)F)cc(Cl)c1-c1ccc(NC2CC(O)C2)nn1. The molecule has 0 atom stereocenters. The van der Waals surface area contributed by atoms with Crippen LogP contribution in [0.3, 0.4) is 0 Å². The number of aromatic hydroxyl groups is 2. The van der Waals surface area contributed by atoms with E-state index in [-0.39, 0.29) is 56.9 Å². The van der Waals surface area contributed by atoms with Crippen molar-refractivity contribution >= 4 is 34.8 Å². The Hall–Kier alpha value is -4.12. The summed E-state index contributed by atoms with van der Waals surface area (Å²) in [6, 6.07) is 9.07. The number of phenolic OH excluding ortho intramolecular Hbond substituents is 2. The highest BCUT2D eigenvalue weighted by Crippen LogP contribution is 2.42. The molecule has 6 rings (SSSR count). The highest BCUT2D eigenvalue weighted by Gasteiger charge is 2.34. The summed E-state index contributed by atoms with van der Waals surface area (Å²) >= 11 is 11.8. The number of hydrogen-bond acceptors (Lipinski definition) is 10. The number of nitrogens with one attached hydrogen (secondary N) is 2. The quantitative estimate of drug-likeness (QED) is 0.116. The first-order valence-corrected chi connectivity index (χ1v) is 15.0. The molecule has 2 aromatic heterocycles. The second-order valence-corrected chi connectivity index (χ2v) is 12.1. The Balaban J connectivity index is 0.000000188. The summed E-state index contributed by atoms with van der Waals surface area (Å²) in [6.45, 7) is 0. The summed E-state index contributed by atoms with van der Waals surface area (Å²) in [6.07, 6.45) is -7.34. The molecule has 2 heterocycles. The Labute approximate surface area is 278 Å². The molecule has 2 saturated carbocycles. The predicted molar refractivity (Wildman–Crippen MR) is 164 cm³/mol. The number of nitrogens with zero attached hydrogens (tertiary/aromatic N) is 4. The molecule has 10 nitrogen and oxygen atoms in total. The second kappa shape index (κ2) is 13.8. The van der Waals surface area contributed by atoms with Gasteiger partial charge in [0.25, 0.3) is 0 Å². The van der Waals surface area contributed by atoms with Gasteiger partial charge in [-0.2, -0.15) is 26.3 Å². The van der Waals surface area contributed by atoms with Gasteiger partial charge in [0.1, 0.15) is 23.1 Å². The lowest BCUT2D eigenvalue weighted by molar-refractivity contribution is -0.138. The number of hydrogen-bond donors (Lipinski definition) is 6. The molecule has 0 saturated heterocycles. The van der Waals surface area contributed by atoms with Gasteiger partial charge in [-0.15, -0.1) is 20.4 Å². The number of alkyl halides is 6. The molecule has 18 heteroatoms. The van der Waals surface area contributed by atoms with Gasteiger partial charge in [0, 0.05) is 12.1 Å². The van der Waals surface area contributed by atoms with Crippen molar-refractivity contribution in [1.29, 1.82) is 0 Å². The normalized spacial score (nSPS) is 20.5. The van der Waals surface area contributed by atoms with Crippen LogP contribution in [-0.2, 0) is 12.4 Å². The minimum atomic E-state index is -4.60. The lowest BCUT2D eigenvalue weighted by atomic mass is 9.89. The Bertz CT molecular complexity index is 1580. The fourth-order valence-corrected chi connectivity index (χ4v) is 5.56. The number of phenols is 2. The maximum Gasteiger partial charge on any atom is 0.416 e. The van der Waals surface area contributed by atoms with Gasteiger partial charge in [-0.05, 0) is 74.2 Å². The highest BCUT2D eigenvalue weighted by molar-refractivity contribution is 6.34. The van der Waals surface area contributed by atoms with Crippen LogP contribution in [-0.4, -0.2) is 65.1 Å². The van der Waals surface area contributed by atoms with Gasteiger partial charge in [-0.25, -0.2) is 0 Å². The Morgan fingerprint density at radius 3 is 1.19 bits per heavy atom. The van der Waals surface area contributed by atoms with E-state index in [2.05, 4.69) is 31.0 Å². The molecule has 2 fully saturated rings. The van der Waals surface area contributed by atoms with Crippen LogP contribution < -0.4 is 10.6 Å². The summed E-state index contributed by atoms with van der Waals surface area (Å²) in [4.78, 5) is 0. The van der Waals surface area contributed by atoms with Crippen LogP contribution in [0.15, 0.2) is 48.5 Å². The number of benzene rings is 2. The van der Waals surface area contributed by atoms with Crippen LogP contribution in [0.4, 0.5) is 38.0 Å². The average molecular weight is 719 g/mol. The van der Waals surface area contributed by atoms with Gasteiger partial charge in [-0.3, -0.25) is 0 Å². The zero-order valence-electron chi connectivity index (χ0n) is 24.4. The third kappa shape index (κ3) is 8.29. The fraction of sp³-hybridized carbons (Fsp3) is 0.333. The number of anilines is 2. The van der Waals surface area contributed by atoms with Crippen LogP contribution in [0.25, 0.3) is 22.5 Å². The molecule has 0 spiro atoms. The van der Waals surface area contributed by atoms with E-state index in [1.165, 1.54) is 12.1 Å². The molecular formula is C30H26Cl2F6N6O4. The number of aliphatic hydroxyl groups excluding tert-OH is 2. The van der Waals surface area contributed by atoms with Crippen molar-refractivity contribution in [2.75, 3.05) is 10.6 Å². The zero-order valence-corrected chi connectivity index (χ0v) is 25.9. The monoisotopic (exact) mass is 718 g/mol. The van der Waals surface area contributed by atoms with Crippen molar-refractivity contribution in [2.45, 2.75) is 62.3 Å². The molecule has 0 amide bonds. The lowest BCUT2D eigenvalue weighted by Crippen LogP contribution is -2.39. The van der Waals surface area contributed by atoms with E-state index < -0.39 is 35.0 Å². The van der Waals surface area contributed by atoms with E-state index in [4.69, 9.17) is 23.2 Å². The topological polar surface area (TPSA) is 157 Å². The first-order valence-electron chi connectivity index (χ1n) is 14.2. The smallest absolute Gasteiger partial charge is 0.416 e. The highest BCUT2D eigenvalue weighted by atomic mass is 35.5. The molecule has 0 aliphatic heterocycles. The van der Waals surface area contributed by atoms with Crippen LogP contribution in [0, 0.1) is 0 Å². The molecule has 256 valence electrons. The summed E-state index contributed by atoms with van der Waals surface area (Å²) in [5.41, 5.74) is -1.78. The molecule has 2 aliphatic carbocycles. The molecule has 0 bridgehead atoms. The standard InChI is InChI=1S/2C15H13ClF3N3O2/c2*16-10-3-7(15(17,18)19)4-12(24)14(10)11-1-2-13(22-21-11)20-8-5-9(23)6-8/h2*1-4,8-9,23-24H,5-6H2,(H,20,22). The summed E-state index contributed by atoms with van der Waals surface area (Å²) in [5.74, 6) is -0.296. The minimum Gasteiger partial charge on any atom is -0.507 e. The summed E-state index contributed by atoms with van der Waals surface area (Å²) in [5, 5.41) is 59.5. The Morgan fingerprint density at radius 2 is 0.938 bits per heavy atom. The number of aliphatic hydroxyl groups is 2. The van der Waals surface area contributed by atoms with Crippen molar-refractivity contribution in [2.24, 2.45) is 0 Å². The van der Waals surface area contributed by atoms with Crippen LogP contribution in [0.5, 0.6) is 11.5 Å². The van der Waals surface area contributed by atoms with Gasteiger partial charge < -0.3 is 31.1 Å². The summed E-state index contributed by atoms with van der Waals surface area (Å²) < 4.78 is 76.2. The van der Waals surface area contributed by atoms with Crippen molar-refractivity contribution in [3.05, 3.63) is 69.7 Å². The van der Waals surface area contributed by atoms with Gasteiger partial charge in [0.2, 0.25) is 0 Å².